The third kappa shape index (κ3) is 4.90. The second-order valence-corrected chi connectivity index (χ2v) is 13.6. The zero-order valence-electron chi connectivity index (χ0n) is 24.4. The lowest BCUT2D eigenvalue weighted by molar-refractivity contribution is -0.196. The summed E-state index contributed by atoms with van der Waals surface area (Å²) in [5.41, 5.74) is 12.3. The number of halogens is 1. The Labute approximate surface area is 250 Å². The first-order chi connectivity index (χ1) is 19.9. The minimum atomic E-state index is -1.43. The highest BCUT2D eigenvalue weighted by molar-refractivity contribution is 8.14. The van der Waals surface area contributed by atoms with Gasteiger partial charge >= 0.3 is 5.97 Å². The highest BCUT2D eigenvalue weighted by Crippen LogP contribution is 2.69. The van der Waals surface area contributed by atoms with Crippen molar-refractivity contribution >= 4 is 40.2 Å². The number of fused-ring (bicyclic) bond motifs is 5. The minimum absolute atomic E-state index is 0.0339. The van der Waals surface area contributed by atoms with Crippen molar-refractivity contribution < 1.29 is 28.6 Å². The molecule has 0 aliphatic heterocycles. The van der Waals surface area contributed by atoms with E-state index in [0.29, 0.717) is 31.4 Å². The molecule has 0 saturated heterocycles. The van der Waals surface area contributed by atoms with Crippen molar-refractivity contribution in [3.05, 3.63) is 53.5 Å². The number of thioether (sulfide) groups is 1. The van der Waals surface area contributed by atoms with Gasteiger partial charge in [0.2, 0.25) is 11.0 Å². The number of benzene rings is 1. The van der Waals surface area contributed by atoms with E-state index in [2.05, 4.69) is 13.0 Å². The molecular weight excluding hydrogens is 557 g/mol. The summed E-state index contributed by atoms with van der Waals surface area (Å²) in [5, 5.41) is 11.6. The van der Waals surface area contributed by atoms with Gasteiger partial charge in [-0.2, -0.15) is 0 Å². The maximum absolute atomic E-state index is 13.8. The molecular formula is C32H40FN3O5S. The maximum Gasteiger partial charge on any atom is 0.306 e. The molecule has 3 saturated carbocycles. The Morgan fingerprint density at radius 1 is 1.21 bits per heavy atom. The maximum atomic E-state index is 13.8. The number of rotatable bonds is 6. The molecule has 42 heavy (non-hydrogen) atoms. The Morgan fingerprint density at radius 2 is 1.93 bits per heavy atom. The van der Waals surface area contributed by atoms with Crippen LogP contribution in [0.5, 0.6) is 0 Å². The highest BCUT2D eigenvalue weighted by Gasteiger charge is 2.70. The molecule has 0 bridgehead atoms. The Bertz CT molecular complexity index is 1380. The van der Waals surface area contributed by atoms with Gasteiger partial charge in [0.1, 0.15) is 5.82 Å². The van der Waals surface area contributed by atoms with Crippen molar-refractivity contribution in [2.75, 3.05) is 5.75 Å². The Hall–Kier alpha value is -2.98. The fourth-order valence-electron chi connectivity index (χ4n) is 8.64. The van der Waals surface area contributed by atoms with Gasteiger partial charge < -0.3 is 21.3 Å². The lowest BCUT2D eigenvalue weighted by atomic mass is 9.45. The first-order valence-corrected chi connectivity index (χ1v) is 15.7. The number of hydrogen-bond acceptors (Lipinski definition) is 8. The second-order valence-electron chi connectivity index (χ2n) is 12.7. The normalized spacial score (nSPS) is 37.4. The number of aliphatic imine (C=N–C) groups is 1. The lowest BCUT2D eigenvalue weighted by Gasteiger charge is -2.60. The number of aliphatic hydroxyl groups excluding tert-OH is 1. The third-order valence-electron chi connectivity index (χ3n) is 10.5. The fourth-order valence-corrected chi connectivity index (χ4v) is 9.52. The van der Waals surface area contributed by atoms with Gasteiger partial charge in [-0.3, -0.25) is 14.4 Å². The van der Waals surface area contributed by atoms with Gasteiger partial charge in [-0.25, -0.2) is 9.38 Å². The van der Waals surface area contributed by atoms with Crippen molar-refractivity contribution in [2.24, 2.45) is 45.0 Å². The molecule has 1 aromatic carbocycles. The van der Waals surface area contributed by atoms with Crippen LogP contribution in [-0.2, 0) is 19.1 Å². The molecule has 7 atom stereocenters. The standard InChI is InChI=1S/C32H40FN3O5S/c1-4-27(39)41-32(29(40)42-17-26(35)38)12-11-23-22-10-5-19-13-24(36-21-8-6-20(33)7-9-21)18(16-34)14-30(19,2)28(22)25(37)15-31(23,32)3/h6-9,13,16,22-23,25,28,37H,4-5,10-12,14-15,17,34H2,1-3H3,(H2,35,38)/t22-,23?,25?,28?,30-,31-,32-/m0/s1. The number of allylic oxidation sites excluding steroid dienone is 3. The van der Waals surface area contributed by atoms with Crippen LogP contribution < -0.4 is 11.5 Å². The summed E-state index contributed by atoms with van der Waals surface area (Å²) in [6.45, 7) is 5.85. The predicted molar refractivity (Wildman–Crippen MR) is 160 cm³/mol. The van der Waals surface area contributed by atoms with Crippen LogP contribution in [0.4, 0.5) is 10.1 Å². The van der Waals surface area contributed by atoms with Gasteiger partial charge in [0.15, 0.2) is 5.60 Å². The molecule has 4 aliphatic rings. The predicted octanol–water partition coefficient (Wildman–Crippen LogP) is 4.72. The van der Waals surface area contributed by atoms with E-state index in [-0.39, 0.29) is 46.3 Å². The van der Waals surface area contributed by atoms with E-state index in [9.17, 15) is 23.9 Å². The zero-order chi connectivity index (χ0) is 30.4. The average molecular weight is 598 g/mol. The number of carbonyl (C=O) groups excluding carboxylic acids is 3. The highest BCUT2D eigenvalue weighted by atomic mass is 32.2. The number of hydrogen-bond donors (Lipinski definition) is 3. The molecule has 0 heterocycles. The number of nitrogens with two attached hydrogens (primary N) is 2. The van der Waals surface area contributed by atoms with Crippen molar-refractivity contribution in [2.45, 2.75) is 77.4 Å². The molecule has 1 amide bonds. The number of aliphatic hydroxyl groups is 1. The number of ether oxygens (including phenoxy) is 1. The van der Waals surface area contributed by atoms with Crippen LogP contribution in [0.25, 0.3) is 0 Å². The van der Waals surface area contributed by atoms with Crippen LogP contribution in [0.2, 0.25) is 0 Å². The van der Waals surface area contributed by atoms with E-state index in [1.807, 2.05) is 6.92 Å². The molecule has 0 spiro atoms. The van der Waals surface area contributed by atoms with Gasteiger partial charge in [-0.15, -0.1) is 0 Å². The number of nitrogens with zero attached hydrogens (tertiary/aromatic N) is 1. The molecule has 0 radical (unpaired) electrons. The molecule has 3 unspecified atom stereocenters. The number of primary amides is 1. The number of carbonyl (C=O) groups is 3. The number of amides is 1. The van der Waals surface area contributed by atoms with Crippen LogP contribution in [-0.4, -0.2) is 45.3 Å². The molecule has 226 valence electrons. The summed E-state index contributed by atoms with van der Waals surface area (Å²) in [4.78, 5) is 42.7. The summed E-state index contributed by atoms with van der Waals surface area (Å²) in [6.07, 6.45) is 6.54. The van der Waals surface area contributed by atoms with Gasteiger partial charge in [-0.1, -0.05) is 38.1 Å². The summed E-state index contributed by atoms with van der Waals surface area (Å²) < 4.78 is 19.5. The largest absolute Gasteiger partial charge is 0.449 e. The molecule has 5 N–H and O–H groups in total. The monoisotopic (exact) mass is 597 g/mol. The van der Waals surface area contributed by atoms with Gasteiger partial charge in [-0.05, 0) is 104 Å². The van der Waals surface area contributed by atoms with E-state index in [1.165, 1.54) is 17.7 Å². The molecule has 3 fully saturated rings. The van der Waals surface area contributed by atoms with E-state index < -0.39 is 29.0 Å². The summed E-state index contributed by atoms with van der Waals surface area (Å²) >= 11 is 0.804. The smallest absolute Gasteiger partial charge is 0.306 e. The van der Waals surface area contributed by atoms with E-state index in [4.69, 9.17) is 21.2 Å². The van der Waals surface area contributed by atoms with E-state index >= 15 is 0 Å². The third-order valence-corrected chi connectivity index (χ3v) is 11.5. The molecule has 8 nitrogen and oxygen atoms in total. The first-order valence-electron chi connectivity index (χ1n) is 14.7. The average Bonchev–Trinajstić information content (AvgIpc) is 3.24. The van der Waals surface area contributed by atoms with Crippen molar-refractivity contribution in [3.63, 3.8) is 0 Å². The Kier molecular flexibility index (Phi) is 8.17. The van der Waals surface area contributed by atoms with Crippen LogP contribution in [0.3, 0.4) is 0 Å². The van der Waals surface area contributed by atoms with Crippen molar-refractivity contribution in [1.29, 1.82) is 0 Å². The molecule has 4 aliphatic carbocycles. The van der Waals surface area contributed by atoms with Crippen LogP contribution in [0, 0.1) is 34.4 Å². The van der Waals surface area contributed by atoms with Gasteiger partial charge in [0, 0.05) is 11.8 Å². The summed E-state index contributed by atoms with van der Waals surface area (Å²) in [5.74, 6) is -1.57. The van der Waals surface area contributed by atoms with Crippen LogP contribution in [0.1, 0.15) is 65.7 Å². The topological polar surface area (TPSA) is 145 Å². The van der Waals surface area contributed by atoms with Crippen molar-refractivity contribution in [3.8, 4) is 0 Å². The minimum Gasteiger partial charge on any atom is -0.449 e. The Balaban J connectivity index is 1.50. The zero-order valence-corrected chi connectivity index (χ0v) is 25.2. The summed E-state index contributed by atoms with van der Waals surface area (Å²) in [7, 11) is 0. The van der Waals surface area contributed by atoms with Crippen molar-refractivity contribution in [1.82, 2.24) is 0 Å². The van der Waals surface area contributed by atoms with E-state index in [0.717, 1.165) is 35.9 Å². The van der Waals surface area contributed by atoms with Gasteiger partial charge in [0.25, 0.3) is 0 Å². The number of esters is 1. The van der Waals surface area contributed by atoms with Crippen LogP contribution in [0.15, 0.2) is 52.7 Å². The lowest BCUT2D eigenvalue weighted by Crippen LogP contribution is -2.62. The SMILES string of the molecule is CCC(=O)O[C@]1(C(=O)SCC(N)=O)CCC2[C@@H]3CCC4=CC(=Nc5ccc(F)cc5)C(=CN)C[C@]4(C)C3C(O)C[C@@]21C. The summed E-state index contributed by atoms with van der Waals surface area (Å²) in [6, 6.07) is 6.02. The van der Waals surface area contributed by atoms with Crippen LogP contribution >= 0.6 is 11.8 Å². The fraction of sp³-hybridized carbons (Fsp3) is 0.562. The first kappa shape index (κ1) is 30.5. The molecule has 1 aromatic rings. The molecule has 5 rings (SSSR count). The quantitative estimate of drug-likeness (QED) is 0.402. The van der Waals surface area contributed by atoms with E-state index in [1.54, 1.807) is 25.3 Å². The second kappa shape index (κ2) is 11.3. The van der Waals surface area contributed by atoms with Gasteiger partial charge in [0.05, 0.1) is 23.3 Å². The molecule has 0 aromatic heterocycles. The molecule has 10 heteroatoms. The Morgan fingerprint density at radius 3 is 2.57 bits per heavy atom.